The second-order valence-electron chi connectivity index (χ2n) is 3.80. The van der Waals surface area contributed by atoms with E-state index < -0.39 is 5.82 Å². The predicted molar refractivity (Wildman–Crippen MR) is 69.9 cm³/mol. The van der Waals surface area contributed by atoms with Crippen molar-refractivity contribution in [1.82, 2.24) is 4.90 Å². The van der Waals surface area contributed by atoms with Gasteiger partial charge in [-0.1, -0.05) is 13.0 Å². The van der Waals surface area contributed by atoms with Gasteiger partial charge in [-0.15, -0.1) is 11.6 Å². The van der Waals surface area contributed by atoms with E-state index in [4.69, 9.17) is 16.3 Å². The molecule has 0 spiro atoms. The molecule has 5 heteroatoms. The molecule has 0 saturated carbocycles. The van der Waals surface area contributed by atoms with Crippen LogP contribution in [0.4, 0.5) is 4.39 Å². The van der Waals surface area contributed by atoms with Gasteiger partial charge in [-0.25, -0.2) is 4.39 Å². The van der Waals surface area contributed by atoms with Gasteiger partial charge in [-0.05, 0) is 18.6 Å². The van der Waals surface area contributed by atoms with Gasteiger partial charge in [-0.3, -0.25) is 4.79 Å². The summed E-state index contributed by atoms with van der Waals surface area (Å²) in [7, 11) is 1.41. The van der Waals surface area contributed by atoms with Crippen LogP contribution >= 0.6 is 11.6 Å². The molecule has 100 valence electrons. The normalized spacial score (nSPS) is 10.2. The highest BCUT2D eigenvalue weighted by Gasteiger charge is 2.22. The highest BCUT2D eigenvalue weighted by molar-refractivity contribution is 6.18. The van der Waals surface area contributed by atoms with E-state index in [0.29, 0.717) is 19.0 Å². The van der Waals surface area contributed by atoms with Gasteiger partial charge in [0.2, 0.25) is 0 Å². The molecule has 1 rings (SSSR count). The minimum atomic E-state index is -0.574. The van der Waals surface area contributed by atoms with Crippen LogP contribution in [0.3, 0.4) is 0 Å². The van der Waals surface area contributed by atoms with Gasteiger partial charge in [0.15, 0.2) is 0 Å². The molecule has 0 fully saturated rings. The Bertz CT molecular complexity index is 406. The molecule has 0 bridgehead atoms. The molecule has 0 aliphatic rings. The third-order valence-corrected chi connectivity index (χ3v) is 2.71. The molecule has 0 aliphatic carbocycles. The minimum Gasteiger partial charge on any atom is -0.496 e. The van der Waals surface area contributed by atoms with Gasteiger partial charge in [0, 0.05) is 19.0 Å². The van der Waals surface area contributed by atoms with Crippen molar-refractivity contribution >= 4 is 17.5 Å². The molecule has 1 aromatic carbocycles. The van der Waals surface area contributed by atoms with Gasteiger partial charge < -0.3 is 9.64 Å². The number of alkyl halides is 1. The van der Waals surface area contributed by atoms with E-state index in [1.54, 1.807) is 6.07 Å². The molecule has 0 atom stereocenters. The van der Waals surface area contributed by atoms with Crippen LogP contribution < -0.4 is 4.74 Å². The molecule has 1 amide bonds. The van der Waals surface area contributed by atoms with Crippen LogP contribution in [0.1, 0.15) is 23.7 Å². The number of methoxy groups -OCH3 is 1. The largest absolute Gasteiger partial charge is 0.496 e. The number of halogens is 2. The SMILES string of the molecule is CCCN(CCCl)C(=O)c1c(F)cccc1OC. The number of amides is 1. The maximum absolute atomic E-state index is 13.8. The van der Waals surface area contributed by atoms with Gasteiger partial charge in [0.1, 0.15) is 17.1 Å². The van der Waals surface area contributed by atoms with Crippen molar-refractivity contribution in [3.05, 3.63) is 29.6 Å². The zero-order valence-electron chi connectivity index (χ0n) is 10.6. The molecule has 18 heavy (non-hydrogen) atoms. The van der Waals surface area contributed by atoms with Crippen molar-refractivity contribution in [1.29, 1.82) is 0 Å². The standard InChI is InChI=1S/C13H17ClFNO2/c1-3-8-16(9-7-14)13(17)12-10(15)5-4-6-11(12)18-2/h4-6H,3,7-9H2,1-2H3. The highest BCUT2D eigenvalue weighted by Crippen LogP contribution is 2.23. The van der Waals surface area contributed by atoms with Crippen LogP contribution in [-0.4, -0.2) is 36.9 Å². The molecule has 1 aromatic rings. The van der Waals surface area contributed by atoms with Crippen molar-refractivity contribution in [3.63, 3.8) is 0 Å². The van der Waals surface area contributed by atoms with Crippen molar-refractivity contribution in [2.75, 3.05) is 26.1 Å². The maximum atomic E-state index is 13.8. The summed E-state index contributed by atoms with van der Waals surface area (Å²) < 4.78 is 18.8. The van der Waals surface area contributed by atoms with Gasteiger partial charge in [0.05, 0.1) is 7.11 Å². The summed E-state index contributed by atoms with van der Waals surface area (Å²) in [6.07, 6.45) is 0.791. The van der Waals surface area contributed by atoms with Crippen LogP contribution in [0.15, 0.2) is 18.2 Å². The summed E-state index contributed by atoms with van der Waals surface area (Å²) in [5, 5.41) is 0. The molecule has 0 radical (unpaired) electrons. The quantitative estimate of drug-likeness (QED) is 0.746. The average molecular weight is 274 g/mol. The molecule has 0 N–H and O–H groups in total. The monoisotopic (exact) mass is 273 g/mol. The van der Waals surface area contributed by atoms with Crippen molar-refractivity contribution in [2.24, 2.45) is 0 Å². The molecule has 0 aliphatic heterocycles. The fraction of sp³-hybridized carbons (Fsp3) is 0.462. The molecule has 0 saturated heterocycles. The van der Waals surface area contributed by atoms with Crippen molar-refractivity contribution in [2.45, 2.75) is 13.3 Å². The molecular formula is C13H17ClFNO2. The number of hydrogen-bond donors (Lipinski definition) is 0. The zero-order valence-corrected chi connectivity index (χ0v) is 11.3. The Labute approximate surface area is 111 Å². The van der Waals surface area contributed by atoms with E-state index in [1.165, 1.54) is 24.1 Å². The number of hydrogen-bond acceptors (Lipinski definition) is 2. The summed E-state index contributed by atoms with van der Waals surface area (Å²) in [6, 6.07) is 4.33. The minimum absolute atomic E-state index is 0.0291. The van der Waals surface area contributed by atoms with Crippen LogP contribution in [-0.2, 0) is 0 Å². The predicted octanol–water partition coefficient (Wildman–Crippen LogP) is 2.93. The number of benzene rings is 1. The first kappa shape index (κ1) is 14.8. The molecule has 0 unspecified atom stereocenters. The number of rotatable bonds is 6. The summed E-state index contributed by atoms with van der Waals surface area (Å²) in [5.74, 6) is -0.388. The zero-order chi connectivity index (χ0) is 13.5. The van der Waals surface area contributed by atoms with Gasteiger partial charge in [0.25, 0.3) is 5.91 Å². The maximum Gasteiger partial charge on any atom is 0.260 e. The highest BCUT2D eigenvalue weighted by atomic mass is 35.5. The van der Waals surface area contributed by atoms with Crippen molar-refractivity contribution in [3.8, 4) is 5.75 Å². The number of carbonyl (C=O) groups is 1. The van der Waals surface area contributed by atoms with E-state index in [2.05, 4.69) is 0 Å². The van der Waals surface area contributed by atoms with Crippen LogP contribution in [0.5, 0.6) is 5.75 Å². The Balaban J connectivity index is 3.07. The summed E-state index contributed by atoms with van der Waals surface area (Å²) in [4.78, 5) is 13.8. The topological polar surface area (TPSA) is 29.5 Å². The molecule has 0 aromatic heterocycles. The summed E-state index contributed by atoms with van der Waals surface area (Å²) >= 11 is 5.66. The van der Waals surface area contributed by atoms with Crippen LogP contribution in [0.25, 0.3) is 0 Å². The first-order valence-electron chi connectivity index (χ1n) is 5.83. The van der Waals surface area contributed by atoms with E-state index in [9.17, 15) is 9.18 Å². The lowest BCUT2D eigenvalue weighted by Gasteiger charge is -2.22. The van der Waals surface area contributed by atoms with Gasteiger partial charge in [-0.2, -0.15) is 0 Å². The number of nitrogens with zero attached hydrogens (tertiary/aromatic N) is 1. The van der Waals surface area contributed by atoms with Crippen molar-refractivity contribution < 1.29 is 13.9 Å². The second-order valence-corrected chi connectivity index (χ2v) is 4.18. The average Bonchev–Trinajstić information content (AvgIpc) is 2.37. The number of ether oxygens (including phenoxy) is 1. The first-order valence-corrected chi connectivity index (χ1v) is 6.36. The molecular weight excluding hydrogens is 257 g/mol. The third-order valence-electron chi connectivity index (χ3n) is 2.54. The Kier molecular flexibility index (Phi) is 5.92. The van der Waals surface area contributed by atoms with Crippen LogP contribution in [0, 0.1) is 5.82 Å². The summed E-state index contributed by atoms with van der Waals surface area (Å²) in [5.41, 5.74) is -0.0291. The molecule has 0 heterocycles. The Morgan fingerprint density at radius 2 is 2.17 bits per heavy atom. The van der Waals surface area contributed by atoms with E-state index in [1.807, 2.05) is 6.92 Å². The Morgan fingerprint density at radius 1 is 1.44 bits per heavy atom. The van der Waals surface area contributed by atoms with Crippen LogP contribution in [0.2, 0.25) is 0 Å². The Morgan fingerprint density at radius 3 is 2.72 bits per heavy atom. The van der Waals surface area contributed by atoms with E-state index in [0.717, 1.165) is 6.42 Å². The fourth-order valence-corrected chi connectivity index (χ4v) is 1.93. The van der Waals surface area contributed by atoms with Gasteiger partial charge >= 0.3 is 0 Å². The second kappa shape index (κ2) is 7.21. The fourth-order valence-electron chi connectivity index (χ4n) is 1.73. The molecule has 3 nitrogen and oxygen atoms in total. The lowest BCUT2D eigenvalue weighted by Crippen LogP contribution is -2.34. The Hall–Kier alpha value is -1.29. The lowest BCUT2D eigenvalue weighted by atomic mass is 10.1. The third kappa shape index (κ3) is 3.35. The van der Waals surface area contributed by atoms with E-state index >= 15 is 0 Å². The smallest absolute Gasteiger partial charge is 0.260 e. The lowest BCUT2D eigenvalue weighted by molar-refractivity contribution is 0.0757. The number of carbonyl (C=O) groups excluding carboxylic acids is 1. The summed E-state index contributed by atoms with van der Waals surface area (Å²) in [6.45, 7) is 2.89. The first-order chi connectivity index (χ1) is 8.65. The van der Waals surface area contributed by atoms with E-state index in [-0.39, 0.29) is 17.2 Å².